The third-order valence-electron chi connectivity index (χ3n) is 4.74. The number of rotatable bonds is 3. The van der Waals surface area contributed by atoms with Crippen LogP contribution in [0.2, 0.25) is 0 Å². The highest BCUT2D eigenvalue weighted by Gasteiger charge is 2.27. The van der Waals surface area contributed by atoms with E-state index in [4.69, 9.17) is 16.6 Å². The molecule has 2 heterocycles. The van der Waals surface area contributed by atoms with Gasteiger partial charge in [-0.15, -0.1) is 21.8 Å². The molecule has 0 spiro atoms. The molecule has 0 N–H and O–H groups in total. The monoisotopic (exact) mass is 364 g/mol. The molecule has 4 rings (SSSR count). The van der Waals surface area contributed by atoms with Crippen molar-refractivity contribution in [2.75, 3.05) is 0 Å². The summed E-state index contributed by atoms with van der Waals surface area (Å²) in [5.41, 5.74) is 5.44. The minimum atomic E-state index is -0.206. The van der Waals surface area contributed by atoms with Crippen molar-refractivity contribution < 1.29 is 0 Å². The molecule has 0 fully saturated rings. The van der Waals surface area contributed by atoms with Crippen LogP contribution in [0.25, 0.3) is 5.69 Å². The van der Waals surface area contributed by atoms with Crippen LogP contribution >= 0.6 is 11.6 Å². The fourth-order valence-corrected chi connectivity index (χ4v) is 3.52. The van der Waals surface area contributed by atoms with Gasteiger partial charge in [0.1, 0.15) is 6.54 Å². The maximum absolute atomic E-state index is 6.67. The normalized spacial score (nSPS) is 14.4. The van der Waals surface area contributed by atoms with Gasteiger partial charge in [-0.05, 0) is 24.5 Å². The van der Waals surface area contributed by atoms with Crippen LogP contribution in [0.5, 0.6) is 0 Å². The SMILES string of the molecule is Cc1cccc2c1C(c1ccccc1)=NCc1nnc(C(Cl)C(C)C)n1-2. The van der Waals surface area contributed by atoms with Crippen LogP contribution in [-0.4, -0.2) is 20.5 Å². The van der Waals surface area contributed by atoms with Crippen LogP contribution in [0.1, 0.15) is 47.6 Å². The molecule has 1 aliphatic heterocycles. The zero-order valence-corrected chi connectivity index (χ0v) is 15.9. The average Bonchev–Trinajstić information content (AvgIpc) is 2.99. The third-order valence-corrected chi connectivity index (χ3v) is 5.44. The van der Waals surface area contributed by atoms with Crippen molar-refractivity contribution >= 4 is 17.3 Å². The van der Waals surface area contributed by atoms with Crippen molar-refractivity contribution in [3.63, 3.8) is 0 Å². The maximum atomic E-state index is 6.67. The lowest BCUT2D eigenvalue weighted by atomic mass is 9.96. The zero-order chi connectivity index (χ0) is 18.3. The largest absolute Gasteiger partial charge is 0.279 e. The van der Waals surface area contributed by atoms with Crippen LogP contribution in [0.4, 0.5) is 0 Å². The van der Waals surface area contributed by atoms with Crippen LogP contribution in [-0.2, 0) is 6.54 Å². The molecule has 0 saturated heterocycles. The molecule has 1 atom stereocenters. The van der Waals surface area contributed by atoms with Crippen LogP contribution in [0.3, 0.4) is 0 Å². The number of aliphatic imine (C=N–C) groups is 1. The fraction of sp³-hybridized carbons (Fsp3) is 0.286. The van der Waals surface area contributed by atoms with Gasteiger partial charge in [0.2, 0.25) is 0 Å². The number of benzene rings is 2. The van der Waals surface area contributed by atoms with Gasteiger partial charge in [-0.3, -0.25) is 9.56 Å². The molecule has 0 saturated carbocycles. The Morgan fingerprint density at radius 2 is 1.77 bits per heavy atom. The first-order chi connectivity index (χ1) is 12.6. The molecule has 0 bridgehead atoms. The second kappa shape index (κ2) is 6.69. The fourth-order valence-electron chi connectivity index (χ4n) is 3.38. The molecule has 1 aliphatic rings. The second-order valence-electron chi connectivity index (χ2n) is 6.96. The number of aromatic nitrogens is 3. The zero-order valence-electron chi connectivity index (χ0n) is 15.1. The van der Waals surface area contributed by atoms with Crippen molar-refractivity contribution in [3.05, 3.63) is 76.9 Å². The van der Waals surface area contributed by atoms with Gasteiger partial charge in [0.15, 0.2) is 11.6 Å². The Kier molecular flexibility index (Phi) is 4.37. The molecule has 1 aromatic heterocycles. The van der Waals surface area contributed by atoms with E-state index in [-0.39, 0.29) is 11.3 Å². The quantitative estimate of drug-likeness (QED) is 0.623. The highest BCUT2D eigenvalue weighted by molar-refractivity contribution is 6.20. The first-order valence-corrected chi connectivity index (χ1v) is 9.30. The summed E-state index contributed by atoms with van der Waals surface area (Å²) in [7, 11) is 0. The van der Waals surface area contributed by atoms with E-state index < -0.39 is 0 Å². The first kappa shape index (κ1) is 17.0. The van der Waals surface area contributed by atoms with E-state index in [2.05, 4.69) is 65.9 Å². The molecule has 0 radical (unpaired) electrons. The van der Waals surface area contributed by atoms with Crippen molar-refractivity contribution in [2.24, 2.45) is 10.9 Å². The molecule has 132 valence electrons. The summed E-state index contributed by atoms with van der Waals surface area (Å²) in [4.78, 5) is 4.90. The summed E-state index contributed by atoms with van der Waals surface area (Å²) in [6, 6.07) is 16.6. The Labute approximate surface area is 158 Å². The molecule has 4 nitrogen and oxygen atoms in total. The van der Waals surface area contributed by atoms with Gasteiger partial charge < -0.3 is 0 Å². The molecule has 2 aromatic carbocycles. The predicted octanol–water partition coefficient (Wildman–Crippen LogP) is 4.86. The van der Waals surface area contributed by atoms with Gasteiger partial charge in [0, 0.05) is 11.1 Å². The predicted molar refractivity (Wildman–Crippen MR) is 105 cm³/mol. The molecular formula is C21H21ClN4. The van der Waals surface area contributed by atoms with Gasteiger partial charge in [0.25, 0.3) is 0 Å². The summed E-state index contributed by atoms with van der Waals surface area (Å²) in [6.07, 6.45) is 0. The van der Waals surface area contributed by atoms with Gasteiger partial charge in [0.05, 0.1) is 16.8 Å². The Balaban J connectivity index is 1.97. The molecule has 5 heteroatoms. The molecular weight excluding hydrogens is 344 g/mol. The smallest absolute Gasteiger partial charge is 0.159 e. The van der Waals surface area contributed by atoms with E-state index in [0.29, 0.717) is 6.54 Å². The number of alkyl halides is 1. The number of fused-ring (bicyclic) bond motifs is 3. The number of aryl methyl sites for hydroxylation is 1. The minimum Gasteiger partial charge on any atom is -0.279 e. The second-order valence-corrected chi connectivity index (χ2v) is 7.43. The van der Waals surface area contributed by atoms with E-state index in [0.717, 1.165) is 34.2 Å². The topological polar surface area (TPSA) is 43.1 Å². The Morgan fingerprint density at radius 3 is 2.50 bits per heavy atom. The summed E-state index contributed by atoms with van der Waals surface area (Å²) < 4.78 is 2.10. The molecule has 1 unspecified atom stereocenters. The average molecular weight is 365 g/mol. The Bertz CT molecular complexity index is 973. The lowest BCUT2D eigenvalue weighted by Crippen LogP contribution is -2.13. The highest BCUT2D eigenvalue weighted by Crippen LogP contribution is 2.33. The van der Waals surface area contributed by atoms with Gasteiger partial charge in [-0.2, -0.15) is 0 Å². The van der Waals surface area contributed by atoms with Crippen molar-refractivity contribution in [3.8, 4) is 5.69 Å². The molecule has 0 aliphatic carbocycles. The lowest BCUT2D eigenvalue weighted by molar-refractivity contribution is 0.587. The van der Waals surface area contributed by atoms with E-state index in [1.54, 1.807) is 0 Å². The summed E-state index contributed by atoms with van der Waals surface area (Å²) in [6.45, 7) is 6.79. The molecule has 3 aromatic rings. The highest BCUT2D eigenvalue weighted by atomic mass is 35.5. The maximum Gasteiger partial charge on any atom is 0.159 e. The van der Waals surface area contributed by atoms with Crippen molar-refractivity contribution in [2.45, 2.75) is 32.7 Å². The summed E-state index contributed by atoms with van der Waals surface area (Å²) in [5, 5.41) is 8.59. The van der Waals surface area contributed by atoms with E-state index in [9.17, 15) is 0 Å². The minimum absolute atomic E-state index is 0.206. The third kappa shape index (κ3) is 2.74. The Hall–Kier alpha value is -2.46. The summed E-state index contributed by atoms with van der Waals surface area (Å²) >= 11 is 6.67. The number of hydrogen-bond donors (Lipinski definition) is 0. The summed E-state index contributed by atoms with van der Waals surface area (Å²) in [5.74, 6) is 1.87. The van der Waals surface area contributed by atoms with Crippen LogP contribution in [0.15, 0.2) is 53.5 Å². The lowest BCUT2D eigenvalue weighted by Gasteiger charge is -2.18. The molecule has 0 amide bonds. The van der Waals surface area contributed by atoms with E-state index in [1.807, 2.05) is 18.2 Å². The molecule has 26 heavy (non-hydrogen) atoms. The van der Waals surface area contributed by atoms with E-state index in [1.165, 1.54) is 5.56 Å². The first-order valence-electron chi connectivity index (χ1n) is 8.86. The van der Waals surface area contributed by atoms with Gasteiger partial charge in [-0.25, -0.2) is 0 Å². The number of hydrogen-bond acceptors (Lipinski definition) is 3. The number of halogens is 1. The van der Waals surface area contributed by atoms with Gasteiger partial charge in [-0.1, -0.05) is 56.3 Å². The van der Waals surface area contributed by atoms with Crippen molar-refractivity contribution in [1.82, 2.24) is 14.8 Å². The standard InChI is InChI=1S/C21H21ClN4/c1-13(2)19(22)21-25-24-17-12-23-20(15-9-5-4-6-10-15)18-14(3)8-7-11-16(18)26(17)21/h4-11,13,19H,12H2,1-3H3. The van der Waals surface area contributed by atoms with E-state index >= 15 is 0 Å². The van der Waals surface area contributed by atoms with Gasteiger partial charge >= 0.3 is 0 Å². The Morgan fingerprint density at radius 1 is 1.00 bits per heavy atom. The van der Waals surface area contributed by atoms with Crippen LogP contribution < -0.4 is 0 Å². The number of nitrogens with zero attached hydrogens (tertiary/aromatic N) is 4. The van der Waals surface area contributed by atoms with Crippen molar-refractivity contribution in [1.29, 1.82) is 0 Å². The van der Waals surface area contributed by atoms with Crippen LogP contribution in [0, 0.1) is 12.8 Å².